The van der Waals surface area contributed by atoms with Crippen molar-refractivity contribution in [2.24, 2.45) is 5.92 Å². The van der Waals surface area contributed by atoms with E-state index in [1.807, 2.05) is 4.90 Å². The summed E-state index contributed by atoms with van der Waals surface area (Å²) in [6.45, 7) is 3.18. The highest BCUT2D eigenvalue weighted by Crippen LogP contribution is 2.21. The van der Waals surface area contributed by atoms with E-state index in [4.69, 9.17) is 10.4 Å². The summed E-state index contributed by atoms with van der Waals surface area (Å²) in [7, 11) is 0. The van der Waals surface area contributed by atoms with Gasteiger partial charge in [-0.05, 0) is 18.8 Å². The Bertz CT molecular complexity index is 351. The third-order valence-electron chi connectivity index (χ3n) is 3.08. The molecule has 6 heteroatoms. The summed E-state index contributed by atoms with van der Waals surface area (Å²) in [5, 5.41) is 20.3. The zero-order valence-corrected chi connectivity index (χ0v) is 10.6. The fraction of sp³-hybridized carbons (Fsp3) is 0.750. The molecule has 1 aliphatic heterocycles. The number of nitriles is 1. The molecule has 1 rings (SSSR count). The Morgan fingerprint density at radius 3 is 2.78 bits per heavy atom. The number of carboxylic acids is 1. The Labute approximate surface area is 107 Å². The number of hydrogen-bond donors (Lipinski definition) is 2. The number of carbonyl (C=O) groups excluding carboxylic acids is 1. The molecule has 6 nitrogen and oxygen atoms in total. The topological polar surface area (TPSA) is 93.4 Å². The van der Waals surface area contributed by atoms with Crippen molar-refractivity contribution < 1.29 is 14.7 Å². The van der Waals surface area contributed by atoms with E-state index in [0.717, 1.165) is 13.0 Å². The van der Waals surface area contributed by atoms with Gasteiger partial charge in [0.05, 0.1) is 12.6 Å². The minimum Gasteiger partial charge on any atom is -0.481 e. The van der Waals surface area contributed by atoms with E-state index in [2.05, 4.69) is 11.4 Å². The molecule has 18 heavy (non-hydrogen) atoms. The van der Waals surface area contributed by atoms with Crippen LogP contribution < -0.4 is 5.32 Å². The van der Waals surface area contributed by atoms with Crippen LogP contribution in [0.25, 0.3) is 0 Å². The Morgan fingerprint density at radius 1 is 1.50 bits per heavy atom. The summed E-state index contributed by atoms with van der Waals surface area (Å²) in [6, 6.07) is 2.11. The van der Waals surface area contributed by atoms with Gasteiger partial charge in [-0.2, -0.15) is 5.26 Å². The second-order valence-corrected chi connectivity index (χ2v) is 4.78. The normalized spacial score (nSPS) is 24.2. The van der Waals surface area contributed by atoms with Gasteiger partial charge >= 0.3 is 5.97 Å². The zero-order chi connectivity index (χ0) is 13.5. The molecule has 0 radical (unpaired) electrons. The van der Waals surface area contributed by atoms with Crippen molar-refractivity contribution in [1.82, 2.24) is 10.2 Å². The number of carbonyl (C=O) groups is 2. The van der Waals surface area contributed by atoms with Gasteiger partial charge in [0.2, 0.25) is 5.91 Å². The van der Waals surface area contributed by atoms with Gasteiger partial charge < -0.3 is 10.4 Å². The Hall–Kier alpha value is -1.61. The summed E-state index contributed by atoms with van der Waals surface area (Å²) in [5.74, 6) is -0.667. The lowest BCUT2D eigenvalue weighted by atomic mass is 9.90. The first-order chi connectivity index (χ1) is 8.51. The second kappa shape index (κ2) is 6.97. The fourth-order valence-electron chi connectivity index (χ4n) is 2.46. The maximum Gasteiger partial charge on any atom is 0.303 e. The maximum atomic E-state index is 11.1. The van der Waals surface area contributed by atoms with Crippen LogP contribution >= 0.6 is 0 Å². The molecule has 0 bridgehead atoms. The summed E-state index contributed by atoms with van der Waals surface area (Å²) < 4.78 is 0. The fourth-order valence-corrected chi connectivity index (χ4v) is 2.46. The Morgan fingerprint density at radius 2 is 2.22 bits per heavy atom. The van der Waals surface area contributed by atoms with Crippen LogP contribution in [0.2, 0.25) is 0 Å². The van der Waals surface area contributed by atoms with E-state index >= 15 is 0 Å². The van der Waals surface area contributed by atoms with Crippen LogP contribution in [0.4, 0.5) is 0 Å². The average Bonchev–Trinajstić information content (AvgIpc) is 2.25. The van der Waals surface area contributed by atoms with Gasteiger partial charge in [-0.25, -0.2) is 0 Å². The lowest BCUT2D eigenvalue weighted by Crippen LogP contribution is -2.50. The maximum absolute atomic E-state index is 11.1. The number of hydrogen-bond acceptors (Lipinski definition) is 4. The number of piperidine rings is 1. The van der Waals surface area contributed by atoms with Crippen LogP contribution in [0.5, 0.6) is 0 Å². The Kier molecular flexibility index (Phi) is 5.59. The monoisotopic (exact) mass is 253 g/mol. The van der Waals surface area contributed by atoms with Crippen molar-refractivity contribution in [1.29, 1.82) is 5.26 Å². The quantitative estimate of drug-likeness (QED) is 0.683. The molecular formula is C12H19N3O3. The van der Waals surface area contributed by atoms with Gasteiger partial charge in [-0.1, -0.05) is 0 Å². The van der Waals surface area contributed by atoms with Crippen molar-refractivity contribution in [3.05, 3.63) is 0 Å². The van der Waals surface area contributed by atoms with Crippen molar-refractivity contribution in [2.45, 2.75) is 32.2 Å². The van der Waals surface area contributed by atoms with Crippen molar-refractivity contribution in [2.75, 3.05) is 19.6 Å². The second-order valence-electron chi connectivity index (χ2n) is 4.78. The minimum atomic E-state index is -0.802. The number of aliphatic carboxylic acids is 1. The van der Waals surface area contributed by atoms with Gasteiger partial charge in [0, 0.05) is 32.5 Å². The number of amides is 1. The molecule has 2 N–H and O–H groups in total. The molecule has 1 heterocycles. The van der Waals surface area contributed by atoms with Crippen molar-refractivity contribution in [3.63, 3.8) is 0 Å². The largest absolute Gasteiger partial charge is 0.481 e. The molecule has 0 aromatic heterocycles. The van der Waals surface area contributed by atoms with Crippen molar-refractivity contribution >= 4 is 11.9 Å². The highest BCUT2D eigenvalue weighted by Gasteiger charge is 2.27. The number of rotatable bonds is 5. The van der Waals surface area contributed by atoms with Gasteiger partial charge in [0.1, 0.15) is 0 Å². The van der Waals surface area contributed by atoms with E-state index in [1.165, 1.54) is 6.92 Å². The van der Waals surface area contributed by atoms with E-state index < -0.39 is 5.97 Å². The Balaban J connectivity index is 2.53. The van der Waals surface area contributed by atoms with Crippen LogP contribution in [-0.2, 0) is 9.59 Å². The van der Waals surface area contributed by atoms with Gasteiger partial charge in [0.25, 0.3) is 0 Å². The first-order valence-electron chi connectivity index (χ1n) is 6.09. The summed E-state index contributed by atoms with van der Waals surface area (Å²) >= 11 is 0. The molecule has 100 valence electrons. The molecule has 1 fully saturated rings. The SMILES string of the molecule is CC(=O)NC1CC(CCC(=O)O)CN(CC#N)C1. The molecular weight excluding hydrogens is 234 g/mol. The van der Waals surface area contributed by atoms with Crippen LogP contribution in [0.1, 0.15) is 26.2 Å². The van der Waals surface area contributed by atoms with E-state index in [0.29, 0.717) is 19.5 Å². The lowest BCUT2D eigenvalue weighted by molar-refractivity contribution is -0.137. The third-order valence-corrected chi connectivity index (χ3v) is 3.08. The summed E-state index contributed by atoms with van der Waals surface area (Å²) in [4.78, 5) is 23.6. The predicted octanol–water partition coefficient (Wildman–Crippen LogP) is 0.201. The van der Waals surface area contributed by atoms with Crippen LogP contribution in [-0.4, -0.2) is 47.6 Å². The molecule has 0 aromatic carbocycles. The number of likely N-dealkylation sites (tertiary alicyclic amines) is 1. The summed E-state index contributed by atoms with van der Waals surface area (Å²) in [6.07, 6.45) is 1.51. The van der Waals surface area contributed by atoms with E-state index in [-0.39, 0.29) is 24.3 Å². The summed E-state index contributed by atoms with van der Waals surface area (Å²) in [5.41, 5.74) is 0. The first-order valence-corrected chi connectivity index (χ1v) is 6.09. The van der Waals surface area contributed by atoms with Crippen LogP contribution in [0.15, 0.2) is 0 Å². The molecule has 0 saturated carbocycles. The average molecular weight is 253 g/mol. The van der Waals surface area contributed by atoms with Gasteiger partial charge in [0.15, 0.2) is 0 Å². The number of nitrogens with one attached hydrogen (secondary N) is 1. The number of carboxylic acid groups (broad SMARTS) is 1. The van der Waals surface area contributed by atoms with Crippen LogP contribution in [0.3, 0.4) is 0 Å². The van der Waals surface area contributed by atoms with Gasteiger partial charge in [-0.3, -0.25) is 14.5 Å². The number of nitrogens with zero attached hydrogens (tertiary/aromatic N) is 2. The van der Waals surface area contributed by atoms with Gasteiger partial charge in [-0.15, -0.1) is 0 Å². The highest BCUT2D eigenvalue weighted by molar-refractivity contribution is 5.73. The third kappa shape index (κ3) is 5.15. The molecule has 0 spiro atoms. The minimum absolute atomic E-state index is 0.0170. The van der Waals surface area contributed by atoms with Crippen LogP contribution in [0, 0.1) is 17.2 Å². The zero-order valence-electron chi connectivity index (χ0n) is 10.6. The van der Waals surface area contributed by atoms with E-state index in [9.17, 15) is 9.59 Å². The van der Waals surface area contributed by atoms with E-state index in [1.54, 1.807) is 0 Å². The molecule has 2 unspecified atom stereocenters. The molecule has 2 atom stereocenters. The predicted molar refractivity (Wildman–Crippen MR) is 64.6 cm³/mol. The lowest BCUT2D eigenvalue weighted by Gasteiger charge is -2.36. The molecule has 0 aliphatic carbocycles. The highest BCUT2D eigenvalue weighted by atomic mass is 16.4. The molecule has 0 aromatic rings. The van der Waals surface area contributed by atoms with Crippen molar-refractivity contribution in [3.8, 4) is 6.07 Å². The smallest absolute Gasteiger partial charge is 0.303 e. The first kappa shape index (κ1) is 14.5. The standard InChI is InChI=1S/C12H19N3O3/c1-9(16)14-11-6-10(2-3-12(17)18)7-15(8-11)5-4-13/h10-11H,2-3,5-8H2,1H3,(H,14,16)(H,17,18). The molecule has 1 amide bonds. The molecule has 1 aliphatic rings. The molecule has 1 saturated heterocycles.